The van der Waals surface area contributed by atoms with Gasteiger partial charge in [-0.3, -0.25) is 19.8 Å². The van der Waals surface area contributed by atoms with Gasteiger partial charge in [-0.25, -0.2) is 4.99 Å². The maximum atomic E-state index is 13.0. The number of nitro groups is 1. The van der Waals surface area contributed by atoms with E-state index in [0.717, 1.165) is 0 Å². The standard InChI is InChI=1S/C20H18IN3O5S/c1-29-9-5-8-23-19(26)17(30-20(23)22-14-6-3-2-4-7-14)11-13-10-15(24(27)28)12-16(21)18(13)25/h2-4,6-7,10-12,25H,5,8-9H2,1H3/b17-11-,22-20?. The summed E-state index contributed by atoms with van der Waals surface area (Å²) in [6, 6.07) is 11.8. The Labute approximate surface area is 190 Å². The zero-order valence-electron chi connectivity index (χ0n) is 15.9. The van der Waals surface area contributed by atoms with Gasteiger partial charge in [-0.15, -0.1) is 0 Å². The molecule has 3 rings (SSSR count). The van der Waals surface area contributed by atoms with Gasteiger partial charge in [-0.2, -0.15) is 0 Å². The number of phenols is 1. The molecule has 0 unspecified atom stereocenters. The number of nitrogens with zero attached hydrogens (tertiary/aromatic N) is 3. The van der Waals surface area contributed by atoms with Crippen LogP contribution in [0.25, 0.3) is 6.08 Å². The van der Waals surface area contributed by atoms with Gasteiger partial charge >= 0.3 is 0 Å². The molecule has 0 atom stereocenters. The second-order valence-corrected chi connectivity index (χ2v) is 8.44. The van der Waals surface area contributed by atoms with Crippen LogP contribution in [0.3, 0.4) is 0 Å². The number of methoxy groups -OCH3 is 1. The normalized spacial score (nSPS) is 16.6. The van der Waals surface area contributed by atoms with E-state index in [0.29, 0.717) is 38.9 Å². The molecule has 1 heterocycles. The Balaban J connectivity index is 1.99. The predicted octanol–water partition coefficient (Wildman–Crippen LogP) is 4.55. The molecule has 30 heavy (non-hydrogen) atoms. The van der Waals surface area contributed by atoms with E-state index in [9.17, 15) is 20.0 Å². The van der Waals surface area contributed by atoms with Crippen LogP contribution in [0.2, 0.25) is 0 Å². The number of hydrogen-bond donors (Lipinski definition) is 1. The molecule has 1 amide bonds. The highest BCUT2D eigenvalue weighted by Crippen LogP contribution is 2.37. The highest BCUT2D eigenvalue weighted by atomic mass is 127. The molecule has 1 saturated heterocycles. The summed E-state index contributed by atoms with van der Waals surface area (Å²) in [5.74, 6) is -0.381. The number of aromatic hydroxyl groups is 1. The lowest BCUT2D eigenvalue weighted by Crippen LogP contribution is -2.30. The first-order valence-electron chi connectivity index (χ1n) is 8.91. The third kappa shape index (κ3) is 5.18. The minimum absolute atomic E-state index is 0.110. The Morgan fingerprint density at radius 1 is 1.33 bits per heavy atom. The molecule has 10 heteroatoms. The number of non-ortho nitro benzene ring substituents is 1. The van der Waals surface area contributed by atoms with Crippen molar-refractivity contribution in [1.29, 1.82) is 0 Å². The number of aliphatic imine (C=N–C) groups is 1. The van der Waals surface area contributed by atoms with Gasteiger partial charge < -0.3 is 9.84 Å². The number of ether oxygens (including phenoxy) is 1. The number of phenolic OH excluding ortho intramolecular Hbond substituents is 1. The van der Waals surface area contributed by atoms with Crippen molar-refractivity contribution >= 4 is 62.9 Å². The largest absolute Gasteiger partial charge is 0.506 e. The molecule has 0 bridgehead atoms. The van der Waals surface area contributed by atoms with Crippen LogP contribution in [0.1, 0.15) is 12.0 Å². The average Bonchev–Trinajstić information content (AvgIpc) is 3.00. The van der Waals surface area contributed by atoms with Gasteiger partial charge in [0.2, 0.25) is 0 Å². The first-order chi connectivity index (χ1) is 14.4. The third-order valence-electron chi connectivity index (χ3n) is 4.17. The summed E-state index contributed by atoms with van der Waals surface area (Å²) in [5.41, 5.74) is 0.760. The molecule has 1 aliphatic heterocycles. The van der Waals surface area contributed by atoms with E-state index < -0.39 is 4.92 Å². The van der Waals surface area contributed by atoms with E-state index >= 15 is 0 Å². The smallest absolute Gasteiger partial charge is 0.271 e. The van der Waals surface area contributed by atoms with Crippen LogP contribution in [-0.4, -0.2) is 46.3 Å². The Kier molecular flexibility index (Phi) is 7.45. The van der Waals surface area contributed by atoms with Crippen molar-refractivity contribution in [3.63, 3.8) is 0 Å². The highest BCUT2D eigenvalue weighted by Gasteiger charge is 2.33. The molecule has 1 fully saturated rings. The average molecular weight is 539 g/mol. The fourth-order valence-electron chi connectivity index (χ4n) is 2.73. The van der Waals surface area contributed by atoms with Crippen molar-refractivity contribution in [3.8, 4) is 5.75 Å². The zero-order valence-corrected chi connectivity index (χ0v) is 18.9. The lowest BCUT2D eigenvalue weighted by atomic mass is 10.1. The number of thioether (sulfide) groups is 1. The van der Waals surface area contributed by atoms with E-state index in [1.165, 1.54) is 30.0 Å². The summed E-state index contributed by atoms with van der Waals surface area (Å²) in [6.07, 6.45) is 2.10. The number of halogens is 1. The summed E-state index contributed by atoms with van der Waals surface area (Å²) in [6.45, 7) is 0.914. The topological polar surface area (TPSA) is 105 Å². The number of carbonyl (C=O) groups excluding carboxylic acids is 1. The molecule has 1 aliphatic rings. The van der Waals surface area contributed by atoms with E-state index in [1.54, 1.807) is 12.0 Å². The van der Waals surface area contributed by atoms with Crippen molar-refractivity contribution in [2.24, 2.45) is 4.99 Å². The van der Waals surface area contributed by atoms with Crippen LogP contribution in [0.5, 0.6) is 5.75 Å². The quantitative estimate of drug-likeness (QED) is 0.182. The summed E-state index contributed by atoms with van der Waals surface area (Å²) >= 11 is 2.99. The van der Waals surface area contributed by atoms with Crippen molar-refractivity contribution in [1.82, 2.24) is 4.90 Å². The van der Waals surface area contributed by atoms with Crippen LogP contribution >= 0.6 is 34.4 Å². The van der Waals surface area contributed by atoms with E-state index in [4.69, 9.17) is 4.74 Å². The molecule has 8 nitrogen and oxygen atoms in total. The van der Waals surface area contributed by atoms with Gasteiger partial charge in [0.1, 0.15) is 5.75 Å². The second-order valence-electron chi connectivity index (χ2n) is 6.27. The lowest BCUT2D eigenvalue weighted by molar-refractivity contribution is -0.385. The number of carbonyl (C=O) groups is 1. The van der Waals surface area contributed by atoms with Crippen molar-refractivity contribution in [3.05, 3.63) is 66.6 Å². The molecule has 0 aliphatic carbocycles. The first kappa shape index (κ1) is 22.2. The predicted molar refractivity (Wildman–Crippen MR) is 125 cm³/mol. The molecule has 0 spiro atoms. The number of para-hydroxylation sites is 1. The van der Waals surface area contributed by atoms with E-state index in [2.05, 4.69) is 4.99 Å². The minimum Gasteiger partial charge on any atom is -0.506 e. The Morgan fingerprint density at radius 2 is 2.07 bits per heavy atom. The summed E-state index contributed by atoms with van der Waals surface area (Å²) in [7, 11) is 1.59. The van der Waals surface area contributed by atoms with E-state index in [-0.39, 0.29) is 22.9 Å². The molecule has 2 aromatic rings. The minimum atomic E-state index is -0.535. The van der Waals surface area contributed by atoms with Crippen LogP contribution < -0.4 is 0 Å². The molecular formula is C20H18IN3O5S. The number of benzene rings is 2. The molecular weight excluding hydrogens is 521 g/mol. The fraction of sp³-hybridized carbons (Fsp3) is 0.200. The molecule has 0 aromatic heterocycles. The van der Waals surface area contributed by atoms with Crippen LogP contribution in [0.15, 0.2) is 52.4 Å². The fourth-order valence-corrected chi connectivity index (χ4v) is 4.38. The van der Waals surface area contributed by atoms with Crippen LogP contribution in [-0.2, 0) is 9.53 Å². The first-order valence-corrected chi connectivity index (χ1v) is 10.8. The number of rotatable bonds is 7. The van der Waals surface area contributed by atoms with Gasteiger partial charge in [-0.05, 0) is 59.0 Å². The van der Waals surface area contributed by atoms with Gasteiger partial charge in [0.25, 0.3) is 11.6 Å². The van der Waals surface area contributed by atoms with Crippen LogP contribution in [0.4, 0.5) is 11.4 Å². The van der Waals surface area contributed by atoms with Crippen molar-refractivity contribution in [2.75, 3.05) is 20.3 Å². The lowest BCUT2D eigenvalue weighted by Gasteiger charge is -2.15. The van der Waals surface area contributed by atoms with E-state index in [1.807, 2.05) is 52.9 Å². The summed E-state index contributed by atoms with van der Waals surface area (Å²) in [5, 5.41) is 22.0. The molecule has 0 radical (unpaired) electrons. The van der Waals surface area contributed by atoms with Crippen molar-refractivity contribution in [2.45, 2.75) is 6.42 Å². The van der Waals surface area contributed by atoms with Crippen molar-refractivity contribution < 1.29 is 19.6 Å². The molecule has 1 N–H and O–H groups in total. The van der Waals surface area contributed by atoms with Gasteiger partial charge in [0.15, 0.2) is 5.17 Å². The van der Waals surface area contributed by atoms with Gasteiger partial charge in [0.05, 0.1) is 19.1 Å². The number of nitro benzene ring substituents is 1. The van der Waals surface area contributed by atoms with Gasteiger partial charge in [0, 0.05) is 38.0 Å². The summed E-state index contributed by atoms with van der Waals surface area (Å²) in [4.78, 5) is 30.1. The monoisotopic (exact) mass is 539 g/mol. The third-order valence-corrected chi connectivity index (χ3v) is 6.00. The highest BCUT2D eigenvalue weighted by molar-refractivity contribution is 14.1. The SMILES string of the molecule is COCCCN1C(=O)/C(=C/c2cc([N+](=O)[O-])cc(I)c2O)SC1=Nc1ccccc1. The Bertz CT molecular complexity index is 1030. The maximum absolute atomic E-state index is 13.0. The molecule has 2 aromatic carbocycles. The second kappa shape index (κ2) is 10.0. The number of amidine groups is 1. The zero-order chi connectivity index (χ0) is 21.7. The van der Waals surface area contributed by atoms with Crippen LogP contribution in [0, 0.1) is 13.7 Å². The Hall–Kier alpha value is -2.44. The Morgan fingerprint density at radius 3 is 2.73 bits per heavy atom. The molecule has 0 saturated carbocycles. The van der Waals surface area contributed by atoms with Gasteiger partial charge in [-0.1, -0.05) is 18.2 Å². The number of hydrogen-bond acceptors (Lipinski definition) is 7. The maximum Gasteiger partial charge on any atom is 0.271 e. The molecule has 156 valence electrons. The number of amides is 1. The summed E-state index contributed by atoms with van der Waals surface area (Å²) < 4.78 is 5.41.